The van der Waals surface area contributed by atoms with E-state index < -0.39 is 5.54 Å². The van der Waals surface area contributed by atoms with Crippen LogP contribution in [-0.2, 0) is 4.79 Å². The average Bonchev–Trinajstić information content (AvgIpc) is 3.02. The first-order valence-corrected chi connectivity index (χ1v) is 6.52. The van der Waals surface area contributed by atoms with Gasteiger partial charge in [0.15, 0.2) is 0 Å². The fourth-order valence-electron chi connectivity index (χ4n) is 2.76. The number of nitrogens with one attached hydrogen (secondary N) is 1. The highest BCUT2D eigenvalue weighted by molar-refractivity contribution is 5.86. The van der Waals surface area contributed by atoms with Gasteiger partial charge in [0.05, 0.1) is 5.54 Å². The molecule has 3 heteroatoms. The van der Waals surface area contributed by atoms with Crippen molar-refractivity contribution in [1.29, 1.82) is 0 Å². The second kappa shape index (κ2) is 4.02. The molecule has 3 nitrogen and oxygen atoms in total. The average molecular weight is 224 g/mol. The van der Waals surface area contributed by atoms with Crippen LogP contribution in [0.25, 0.3) is 0 Å². The Labute approximate surface area is 98.2 Å². The number of amides is 1. The Morgan fingerprint density at radius 3 is 2.31 bits per heavy atom. The van der Waals surface area contributed by atoms with Gasteiger partial charge in [0.1, 0.15) is 0 Å². The second-order valence-corrected chi connectivity index (χ2v) is 6.05. The van der Waals surface area contributed by atoms with Crippen LogP contribution >= 0.6 is 0 Å². The summed E-state index contributed by atoms with van der Waals surface area (Å²) in [6.45, 7) is 6.37. The van der Waals surface area contributed by atoms with Gasteiger partial charge in [0, 0.05) is 6.04 Å². The number of hydrogen-bond acceptors (Lipinski definition) is 2. The fraction of sp³-hybridized carbons (Fsp3) is 0.923. The lowest BCUT2D eigenvalue weighted by molar-refractivity contribution is -0.127. The van der Waals surface area contributed by atoms with Gasteiger partial charge in [0.2, 0.25) is 5.91 Å². The molecule has 0 radical (unpaired) electrons. The van der Waals surface area contributed by atoms with Crippen LogP contribution in [0.1, 0.15) is 46.5 Å². The standard InChI is InChI=1S/C13H24N2O/c1-8-4-7-11(9(8)2)15-12(16)13(3,14)10-5-6-10/h8-11H,4-7,14H2,1-3H3,(H,15,16). The molecular weight excluding hydrogens is 200 g/mol. The molecule has 0 aromatic carbocycles. The number of carbonyl (C=O) groups is 1. The molecule has 4 unspecified atom stereocenters. The molecule has 3 N–H and O–H groups in total. The molecule has 4 atom stereocenters. The van der Waals surface area contributed by atoms with Crippen molar-refractivity contribution in [2.75, 3.05) is 0 Å². The molecule has 0 saturated heterocycles. The normalized spacial score (nSPS) is 38.1. The van der Waals surface area contributed by atoms with Crippen molar-refractivity contribution < 1.29 is 4.79 Å². The first-order chi connectivity index (χ1) is 7.43. The van der Waals surface area contributed by atoms with Gasteiger partial charge in [0.25, 0.3) is 0 Å². The van der Waals surface area contributed by atoms with Gasteiger partial charge in [-0.05, 0) is 50.4 Å². The van der Waals surface area contributed by atoms with E-state index >= 15 is 0 Å². The van der Waals surface area contributed by atoms with Gasteiger partial charge in [-0.1, -0.05) is 13.8 Å². The van der Waals surface area contributed by atoms with E-state index in [0.717, 1.165) is 25.2 Å². The molecule has 1 amide bonds. The van der Waals surface area contributed by atoms with Crippen molar-refractivity contribution in [2.45, 2.75) is 58.0 Å². The van der Waals surface area contributed by atoms with Crippen molar-refractivity contribution in [3.63, 3.8) is 0 Å². The van der Waals surface area contributed by atoms with Crippen molar-refractivity contribution in [1.82, 2.24) is 5.32 Å². The molecule has 16 heavy (non-hydrogen) atoms. The number of nitrogens with two attached hydrogens (primary N) is 1. The predicted octanol–water partition coefficient (Wildman–Crippen LogP) is 1.66. The summed E-state index contributed by atoms with van der Waals surface area (Å²) >= 11 is 0. The summed E-state index contributed by atoms with van der Waals surface area (Å²) in [6, 6.07) is 0.337. The van der Waals surface area contributed by atoms with Crippen molar-refractivity contribution in [2.24, 2.45) is 23.5 Å². The van der Waals surface area contributed by atoms with Crippen LogP contribution in [0.15, 0.2) is 0 Å². The molecule has 0 aromatic rings. The quantitative estimate of drug-likeness (QED) is 0.766. The zero-order valence-corrected chi connectivity index (χ0v) is 10.6. The molecule has 2 aliphatic rings. The Bertz CT molecular complexity index is 284. The minimum atomic E-state index is -0.647. The Balaban J connectivity index is 1.92. The van der Waals surface area contributed by atoms with Crippen LogP contribution in [0.2, 0.25) is 0 Å². The zero-order chi connectivity index (χ0) is 11.9. The maximum Gasteiger partial charge on any atom is 0.240 e. The molecule has 2 fully saturated rings. The van der Waals surface area contributed by atoms with Crippen LogP contribution in [0.5, 0.6) is 0 Å². The Hall–Kier alpha value is -0.570. The first kappa shape index (κ1) is 11.9. The Kier molecular flexibility index (Phi) is 2.99. The highest BCUT2D eigenvalue weighted by Gasteiger charge is 2.45. The summed E-state index contributed by atoms with van der Waals surface area (Å²) in [6.07, 6.45) is 4.54. The second-order valence-electron chi connectivity index (χ2n) is 6.05. The number of carbonyl (C=O) groups excluding carboxylic acids is 1. The summed E-state index contributed by atoms with van der Waals surface area (Å²) in [5.41, 5.74) is 5.46. The third kappa shape index (κ3) is 2.10. The molecule has 0 aromatic heterocycles. The molecule has 2 aliphatic carbocycles. The van der Waals surface area contributed by atoms with Gasteiger partial charge in [-0.3, -0.25) is 4.79 Å². The van der Waals surface area contributed by atoms with Gasteiger partial charge in [-0.2, -0.15) is 0 Å². The third-order valence-electron chi connectivity index (χ3n) is 4.70. The lowest BCUT2D eigenvalue weighted by Gasteiger charge is -2.27. The zero-order valence-electron chi connectivity index (χ0n) is 10.6. The van der Waals surface area contributed by atoms with E-state index in [2.05, 4.69) is 19.2 Å². The SMILES string of the molecule is CC1CCC(NC(=O)C(C)(N)C2CC2)C1C. The van der Waals surface area contributed by atoms with E-state index in [-0.39, 0.29) is 5.91 Å². The van der Waals surface area contributed by atoms with Crippen LogP contribution in [-0.4, -0.2) is 17.5 Å². The lowest BCUT2D eigenvalue weighted by Crippen LogP contribution is -2.56. The first-order valence-electron chi connectivity index (χ1n) is 6.52. The van der Waals surface area contributed by atoms with Crippen LogP contribution in [0.3, 0.4) is 0 Å². The molecule has 0 heterocycles. The van der Waals surface area contributed by atoms with Crippen molar-refractivity contribution in [3.8, 4) is 0 Å². The van der Waals surface area contributed by atoms with Crippen LogP contribution in [0, 0.1) is 17.8 Å². The maximum absolute atomic E-state index is 12.1. The fourth-order valence-corrected chi connectivity index (χ4v) is 2.76. The van der Waals surface area contributed by atoms with Crippen molar-refractivity contribution in [3.05, 3.63) is 0 Å². The summed E-state index contributed by atoms with van der Waals surface area (Å²) in [5, 5.41) is 3.16. The highest BCUT2D eigenvalue weighted by Crippen LogP contribution is 2.39. The predicted molar refractivity (Wildman–Crippen MR) is 64.8 cm³/mol. The molecule has 2 saturated carbocycles. The lowest BCUT2D eigenvalue weighted by atomic mass is 9.93. The van der Waals surface area contributed by atoms with E-state index in [1.807, 2.05) is 6.92 Å². The Morgan fingerprint density at radius 1 is 1.25 bits per heavy atom. The minimum absolute atomic E-state index is 0.0564. The molecule has 0 aliphatic heterocycles. The van der Waals surface area contributed by atoms with E-state index in [1.54, 1.807) is 0 Å². The summed E-state index contributed by atoms with van der Waals surface area (Å²) < 4.78 is 0. The minimum Gasteiger partial charge on any atom is -0.351 e. The molecule has 0 bridgehead atoms. The largest absolute Gasteiger partial charge is 0.351 e. The number of hydrogen-bond donors (Lipinski definition) is 2. The molecular formula is C13H24N2O. The topological polar surface area (TPSA) is 55.1 Å². The van der Waals surface area contributed by atoms with Crippen molar-refractivity contribution >= 4 is 5.91 Å². The van der Waals surface area contributed by atoms with E-state index in [9.17, 15) is 4.79 Å². The maximum atomic E-state index is 12.1. The van der Waals surface area contributed by atoms with Gasteiger partial charge >= 0.3 is 0 Å². The Morgan fingerprint density at radius 2 is 1.88 bits per heavy atom. The van der Waals surface area contributed by atoms with E-state index in [1.165, 1.54) is 6.42 Å². The van der Waals surface area contributed by atoms with Gasteiger partial charge in [-0.15, -0.1) is 0 Å². The molecule has 92 valence electrons. The molecule has 0 spiro atoms. The monoisotopic (exact) mass is 224 g/mol. The van der Waals surface area contributed by atoms with E-state index in [4.69, 9.17) is 5.73 Å². The summed E-state index contributed by atoms with van der Waals surface area (Å²) in [4.78, 5) is 12.1. The van der Waals surface area contributed by atoms with Crippen LogP contribution in [0.4, 0.5) is 0 Å². The van der Waals surface area contributed by atoms with Crippen LogP contribution < -0.4 is 11.1 Å². The summed E-state index contributed by atoms with van der Waals surface area (Å²) in [7, 11) is 0. The highest BCUT2D eigenvalue weighted by atomic mass is 16.2. The number of rotatable bonds is 3. The van der Waals surface area contributed by atoms with E-state index in [0.29, 0.717) is 17.9 Å². The summed E-state index contributed by atoms with van der Waals surface area (Å²) in [5.74, 6) is 1.76. The van der Waals surface area contributed by atoms with Gasteiger partial charge in [-0.25, -0.2) is 0 Å². The third-order valence-corrected chi connectivity index (χ3v) is 4.70. The van der Waals surface area contributed by atoms with Gasteiger partial charge < -0.3 is 11.1 Å². The molecule has 2 rings (SSSR count). The smallest absolute Gasteiger partial charge is 0.240 e.